The van der Waals surface area contributed by atoms with Gasteiger partial charge in [-0.2, -0.15) is 0 Å². The Labute approximate surface area is 383 Å². The van der Waals surface area contributed by atoms with Crippen molar-refractivity contribution in [2.24, 2.45) is 0 Å². The number of nitrogens with zero attached hydrogens (tertiary/aromatic N) is 3. The van der Waals surface area contributed by atoms with Gasteiger partial charge in [-0.25, -0.2) is 4.98 Å². The molecule has 3 aromatic heterocycles. The molecular weight excluding hydrogens is 954 g/mol. The fraction of sp³-hybridized carbons (Fsp3) is 0.193. The van der Waals surface area contributed by atoms with Gasteiger partial charge >= 0.3 is 0 Å². The number of hydrogen-bond acceptors (Lipinski definition) is 4. The van der Waals surface area contributed by atoms with Crippen molar-refractivity contribution < 1.29 is 30.6 Å². The van der Waals surface area contributed by atoms with E-state index in [-0.39, 0.29) is 43.1 Å². The van der Waals surface area contributed by atoms with E-state index in [1.54, 1.807) is 0 Å². The second kappa shape index (κ2) is 15.5. The first-order valence-corrected chi connectivity index (χ1v) is 21.5. The van der Waals surface area contributed by atoms with E-state index < -0.39 is 0 Å². The fourth-order valence-corrected chi connectivity index (χ4v) is 8.98. The van der Waals surface area contributed by atoms with Gasteiger partial charge in [0.05, 0.1) is 22.8 Å². The van der Waals surface area contributed by atoms with E-state index in [1.165, 1.54) is 5.56 Å². The maximum Gasteiger partial charge on any atom is 0.152 e. The van der Waals surface area contributed by atoms with Gasteiger partial charge in [-0.15, -0.1) is 29.3 Å². The van der Waals surface area contributed by atoms with Crippen molar-refractivity contribution in [2.75, 3.05) is 0 Å². The number of aromatic nitrogens is 3. The molecule has 3 heterocycles. The molecule has 6 heteroatoms. The van der Waals surface area contributed by atoms with Crippen LogP contribution in [0.2, 0.25) is 0 Å². The molecule has 10 aromatic rings. The van der Waals surface area contributed by atoms with E-state index in [0.29, 0.717) is 11.4 Å². The van der Waals surface area contributed by atoms with E-state index in [9.17, 15) is 5.11 Å². The molecule has 7 aromatic carbocycles. The van der Waals surface area contributed by atoms with Crippen LogP contribution in [0, 0.1) is 6.07 Å². The molecule has 0 amide bonds. The summed E-state index contributed by atoms with van der Waals surface area (Å²) in [5.74, 6) is 0.931. The van der Waals surface area contributed by atoms with E-state index >= 15 is 0 Å². The van der Waals surface area contributed by atoms with Crippen molar-refractivity contribution in [3.63, 3.8) is 0 Å². The van der Waals surface area contributed by atoms with Crippen LogP contribution in [0.25, 0.3) is 83.2 Å². The van der Waals surface area contributed by atoms with E-state index in [4.69, 9.17) is 14.4 Å². The van der Waals surface area contributed by atoms with Gasteiger partial charge in [-0.3, -0.25) is 9.55 Å². The van der Waals surface area contributed by atoms with Crippen LogP contribution in [0.5, 0.6) is 5.75 Å². The van der Waals surface area contributed by atoms with Crippen molar-refractivity contribution in [3.05, 3.63) is 180 Å². The average molecular weight is 1000 g/mol. The second-order valence-electron chi connectivity index (χ2n) is 19.2. The van der Waals surface area contributed by atoms with Crippen LogP contribution >= 0.6 is 0 Å². The summed E-state index contributed by atoms with van der Waals surface area (Å²) in [7, 11) is 0. The van der Waals surface area contributed by atoms with Gasteiger partial charge in [-0.05, 0) is 63.1 Å². The number of benzene rings is 7. The van der Waals surface area contributed by atoms with Crippen LogP contribution in [-0.4, -0.2) is 19.6 Å². The van der Waals surface area contributed by atoms with Crippen molar-refractivity contribution in [1.29, 1.82) is 0 Å². The first-order valence-electron chi connectivity index (χ1n) is 21.5. The molecule has 0 saturated heterocycles. The summed E-state index contributed by atoms with van der Waals surface area (Å²) >= 11 is 0. The quantitative estimate of drug-likeness (QED) is 0.169. The molecule has 63 heavy (non-hydrogen) atoms. The average Bonchev–Trinajstić information content (AvgIpc) is 3.85. The maximum atomic E-state index is 12.3. The van der Waals surface area contributed by atoms with Crippen LogP contribution in [0.4, 0.5) is 0 Å². The molecule has 0 radical (unpaired) electrons. The van der Waals surface area contributed by atoms with Gasteiger partial charge in [0.25, 0.3) is 0 Å². The number of para-hydroxylation sites is 2. The first kappa shape index (κ1) is 42.0. The third-order valence-electron chi connectivity index (χ3n) is 12.6. The molecule has 0 spiro atoms. The zero-order chi connectivity index (χ0) is 43.1. The molecule has 5 nitrogen and oxygen atoms in total. The van der Waals surface area contributed by atoms with Crippen molar-refractivity contribution in [2.45, 2.75) is 71.6 Å². The van der Waals surface area contributed by atoms with Gasteiger partial charge in [-0.1, -0.05) is 170 Å². The molecule has 0 atom stereocenters. The normalized spacial score (nSPS) is 12.4. The summed E-state index contributed by atoms with van der Waals surface area (Å²) in [4.78, 5) is 10.6. The van der Waals surface area contributed by atoms with E-state index in [0.717, 1.165) is 88.5 Å². The minimum Gasteiger partial charge on any atom is -0.507 e. The predicted octanol–water partition coefficient (Wildman–Crippen LogP) is 14.9. The number of imidazole rings is 1. The summed E-state index contributed by atoms with van der Waals surface area (Å²) in [6.07, 6.45) is 1.85. The molecular formula is C57H50N3O2Pt-. The zero-order valence-corrected chi connectivity index (χ0v) is 39.2. The molecule has 0 aliphatic carbocycles. The summed E-state index contributed by atoms with van der Waals surface area (Å²) < 4.78 is 8.56. The molecule has 10 rings (SSSR count). The Morgan fingerprint density at radius 2 is 1.29 bits per heavy atom. The molecule has 0 bridgehead atoms. The number of pyridine rings is 1. The number of rotatable bonds is 6. The van der Waals surface area contributed by atoms with Crippen LogP contribution in [-0.2, 0) is 37.3 Å². The topological polar surface area (TPSA) is 64.1 Å². The van der Waals surface area contributed by atoms with Gasteiger partial charge in [0, 0.05) is 54.2 Å². The van der Waals surface area contributed by atoms with Crippen molar-refractivity contribution >= 4 is 43.7 Å². The van der Waals surface area contributed by atoms with Gasteiger partial charge < -0.3 is 9.52 Å². The van der Waals surface area contributed by atoms with Gasteiger partial charge in [0.15, 0.2) is 5.58 Å². The van der Waals surface area contributed by atoms with Crippen LogP contribution in [0.1, 0.15) is 77.6 Å². The van der Waals surface area contributed by atoms with Crippen molar-refractivity contribution in [1.82, 2.24) is 14.5 Å². The Kier molecular flexibility index (Phi) is 10.3. The zero-order valence-electron chi connectivity index (χ0n) is 36.9. The number of phenols is 1. The molecule has 0 unspecified atom stereocenters. The van der Waals surface area contributed by atoms with E-state index in [2.05, 4.69) is 193 Å². The number of aromatic hydroxyl groups is 1. The maximum absolute atomic E-state index is 12.3. The molecule has 0 saturated carbocycles. The Hall–Kier alpha value is -6.29. The number of hydrogen-bond donors (Lipinski definition) is 1. The monoisotopic (exact) mass is 1000 g/mol. The van der Waals surface area contributed by atoms with Gasteiger partial charge in [0.1, 0.15) is 17.2 Å². The standard InChI is InChI=1S/C57H50N3O2.Pt/c1-55(2,3)39-31-45(53(61)46(32-39)56(4,5)6)54-59-52-43(24-17-25-48(52)60(54)41-21-13-10-14-22-41)36-28-37(30-40(29-36)57(7,8)38-19-11-9-12-20-38)47-33-44-50(34-58-47)62-49-27-26-35-18-15-16-23-42(35)51(44)49;/h9-27,29-34,61H,1-8H3;/q-1;. The first-order chi connectivity index (χ1) is 29.7. The Morgan fingerprint density at radius 1 is 0.587 bits per heavy atom. The summed E-state index contributed by atoms with van der Waals surface area (Å²) in [5, 5.41) is 16.7. The molecule has 0 aliphatic rings. The number of phenolic OH excluding ortho intramolecular Hbond substituents is 1. The molecule has 0 fully saturated rings. The molecule has 316 valence electrons. The minimum atomic E-state index is -0.368. The SMILES string of the molecule is CC(C)(C)c1cc(-c2nc3c(-c4[c-]c(-c5cc6c(cn5)oc5ccc7ccccc7c56)cc(C(C)(C)c5ccccc5)c4)cccc3n2-c2ccccc2)c(O)c(C(C)(C)C)c1.[Pt]. The smallest absolute Gasteiger partial charge is 0.152 e. The van der Waals surface area contributed by atoms with Crippen molar-refractivity contribution in [3.8, 4) is 45.2 Å². The largest absolute Gasteiger partial charge is 0.507 e. The third-order valence-corrected chi connectivity index (χ3v) is 12.6. The predicted molar refractivity (Wildman–Crippen MR) is 256 cm³/mol. The minimum absolute atomic E-state index is 0. The summed E-state index contributed by atoms with van der Waals surface area (Å²) in [6.45, 7) is 17.7. The summed E-state index contributed by atoms with van der Waals surface area (Å²) in [5.41, 5.74) is 12.0. The Bertz CT molecular complexity index is 3350. The molecule has 1 N–H and O–H groups in total. The van der Waals surface area contributed by atoms with Crippen LogP contribution in [0.15, 0.2) is 156 Å². The molecule has 0 aliphatic heterocycles. The van der Waals surface area contributed by atoms with Crippen LogP contribution < -0.4 is 0 Å². The van der Waals surface area contributed by atoms with Gasteiger partial charge in [0.2, 0.25) is 0 Å². The second-order valence-corrected chi connectivity index (χ2v) is 19.2. The Morgan fingerprint density at radius 3 is 2.02 bits per heavy atom. The fourth-order valence-electron chi connectivity index (χ4n) is 8.98. The number of fused-ring (bicyclic) bond motifs is 6. The van der Waals surface area contributed by atoms with E-state index in [1.807, 2.05) is 24.4 Å². The van der Waals surface area contributed by atoms with Crippen LogP contribution in [0.3, 0.4) is 0 Å². The summed E-state index contributed by atoms with van der Waals surface area (Å²) in [6, 6.07) is 54.8. The number of furan rings is 1. The Balaban J connectivity index is 0.00000504. The third kappa shape index (κ3) is 7.27.